The van der Waals surface area contributed by atoms with Crippen LogP contribution in [-0.2, 0) is 23.4 Å². The number of hydrogen-bond donors (Lipinski definition) is 2. The SMILES string of the molecule is O=C(CSCc1nc2sc3c(c2c(=O)[nH]1)CCC3)Nc1ccccc1OCC(F)(F)F. The highest BCUT2D eigenvalue weighted by atomic mass is 32.2. The molecule has 1 amide bonds. The van der Waals surface area contributed by atoms with E-state index < -0.39 is 18.7 Å². The molecule has 0 unspecified atom stereocenters. The van der Waals surface area contributed by atoms with Crippen LogP contribution in [-0.4, -0.2) is 34.4 Å². The lowest BCUT2D eigenvalue weighted by molar-refractivity contribution is -0.153. The number of H-pyrrole nitrogens is 1. The summed E-state index contributed by atoms with van der Waals surface area (Å²) >= 11 is 2.79. The van der Waals surface area contributed by atoms with Crippen molar-refractivity contribution in [3.05, 3.63) is 50.9 Å². The summed E-state index contributed by atoms with van der Waals surface area (Å²) < 4.78 is 41.9. The lowest BCUT2D eigenvalue weighted by Gasteiger charge is -2.13. The van der Waals surface area contributed by atoms with Crippen LogP contribution in [0.15, 0.2) is 29.1 Å². The maximum absolute atomic E-state index is 12.5. The quantitative estimate of drug-likeness (QED) is 0.540. The number of carbonyl (C=O) groups excluding carboxylic acids is 1. The van der Waals surface area contributed by atoms with Crippen LogP contribution < -0.4 is 15.6 Å². The Bertz CT molecular complexity index is 1170. The average Bonchev–Trinajstić information content (AvgIpc) is 3.27. The minimum atomic E-state index is -4.47. The summed E-state index contributed by atoms with van der Waals surface area (Å²) in [7, 11) is 0. The van der Waals surface area contributed by atoms with Gasteiger partial charge in [0.1, 0.15) is 16.4 Å². The van der Waals surface area contributed by atoms with E-state index in [0.29, 0.717) is 17.0 Å². The molecule has 31 heavy (non-hydrogen) atoms. The zero-order valence-electron chi connectivity index (χ0n) is 16.2. The molecule has 0 aliphatic heterocycles. The summed E-state index contributed by atoms with van der Waals surface area (Å²) in [6.07, 6.45) is -1.52. The summed E-state index contributed by atoms with van der Waals surface area (Å²) in [6.45, 7) is -1.44. The van der Waals surface area contributed by atoms with E-state index in [0.717, 1.165) is 29.7 Å². The number of para-hydroxylation sites is 2. The molecule has 0 bridgehead atoms. The summed E-state index contributed by atoms with van der Waals surface area (Å²) in [4.78, 5) is 34.0. The van der Waals surface area contributed by atoms with E-state index >= 15 is 0 Å². The van der Waals surface area contributed by atoms with Crippen molar-refractivity contribution in [2.45, 2.75) is 31.2 Å². The first-order chi connectivity index (χ1) is 14.8. The second-order valence-corrected chi connectivity index (χ2v) is 9.06. The van der Waals surface area contributed by atoms with Crippen molar-refractivity contribution < 1.29 is 22.7 Å². The molecule has 0 spiro atoms. The monoisotopic (exact) mass is 469 g/mol. The van der Waals surface area contributed by atoms with Crippen LogP contribution in [0.2, 0.25) is 0 Å². The molecule has 11 heteroatoms. The number of aryl methyl sites for hydroxylation is 2. The average molecular weight is 470 g/mol. The highest BCUT2D eigenvalue weighted by molar-refractivity contribution is 7.99. The van der Waals surface area contributed by atoms with Gasteiger partial charge in [0.25, 0.3) is 5.56 Å². The fourth-order valence-corrected chi connectivity index (χ4v) is 5.37. The molecule has 2 aromatic heterocycles. The molecule has 6 nitrogen and oxygen atoms in total. The second kappa shape index (κ2) is 8.91. The Hall–Kier alpha value is -2.53. The van der Waals surface area contributed by atoms with Crippen LogP contribution in [0, 0.1) is 0 Å². The van der Waals surface area contributed by atoms with Crippen LogP contribution >= 0.6 is 23.1 Å². The van der Waals surface area contributed by atoms with Gasteiger partial charge in [-0.1, -0.05) is 12.1 Å². The lowest BCUT2D eigenvalue weighted by atomic mass is 10.2. The second-order valence-electron chi connectivity index (χ2n) is 6.99. The molecule has 3 aromatic rings. The van der Waals surface area contributed by atoms with Crippen molar-refractivity contribution in [1.82, 2.24) is 9.97 Å². The van der Waals surface area contributed by atoms with Gasteiger partial charge < -0.3 is 15.0 Å². The van der Waals surface area contributed by atoms with Crippen molar-refractivity contribution in [2.75, 3.05) is 17.7 Å². The number of rotatable bonds is 7. The Morgan fingerprint density at radius 1 is 1.29 bits per heavy atom. The van der Waals surface area contributed by atoms with Gasteiger partial charge in [0, 0.05) is 4.88 Å². The maximum atomic E-state index is 12.5. The van der Waals surface area contributed by atoms with Gasteiger partial charge in [-0.3, -0.25) is 9.59 Å². The topological polar surface area (TPSA) is 84.1 Å². The standard InChI is InChI=1S/C20H18F3N3O3S2/c21-20(22,23)10-29-13-6-2-1-5-12(13)24-16(27)9-30-8-15-25-18(28)17-11-4-3-7-14(11)31-19(17)26-15/h1-2,5-6H,3-4,7-10H2,(H,24,27)(H,25,26,28). The van der Waals surface area contributed by atoms with Gasteiger partial charge in [0.15, 0.2) is 6.61 Å². The number of aromatic amines is 1. The number of benzene rings is 1. The van der Waals surface area contributed by atoms with Crippen LogP contribution in [0.25, 0.3) is 10.2 Å². The first-order valence-electron chi connectivity index (χ1n) is 9.50. The molecule has 1 aliphatic carbocycles. The Morgan fingerprint density at radius 3 is 2.90 bits per heavy atom. The Morgan fingerprint density at radius 2 is 2.10 bits per heavy atom. The van der Waals surface area contributed by atoms with Gasteiger partial charge in [0.05, 0.1) is 22.6 Å². The van der Waals surface area contributed by atoms with E-state index in [1.165, 1.54) is 34.8 Å². The Balaban J connectivity index is 1.35. The number of anilines is 1. The third kappa shape index (κ3) is 5.21. The van der Waals surface area contributed by atoms with Gasteiger partial charge in [-0.2, -0.15) is 13.2 Å². The zero-order chi connectivity index (χ0) is 22.0. The van der Waals surface area contributed by atoms with E-state index in [2.05, 4.69) is 15.3 Å². The number of hydrogen-bond acceptors (Lipinski definition) is 6. The molecule has 0 radical (unpaired) electrons. The first-order valence-corrected chi connectivity index (χ1v) is 11.5. The van der Waals surface area contributed by atoms with Gasteiger partial charge in [-0.25, -0.2) is 4.98 Å². The number of fused-ring (bicyclic) bond motifs is 3. The third-order valence-corrected chi connectivity index (χ3v) is 6.78. The van der Waals surface area contributed by atoms with E-state index in [-0.39, 0.29) is 22.7 Å². The molecule has 0 atom stereocenters. The minimum absolute atomic E-state index is 0.0380. The summed E-state index contributed by atoms with van der Waals surface area (Å²) in [6, 6.07) is 5.94. The van der Waals surface area contributed by atoms with Crippen LogP contribution in [0.4, 0.5) is 18.9 Å². The number of carbonyl (C=O) groups is 1. The maximum Gasteiger partial charge on any atom is 0.422 e. The number of thiophene rings is 1. The number of ether oxygens (including phenoxy) is 1. The fraction of sp³-hybridized carbons (Fsp3) is 0.350. The largest absolute Gasteiger partial charge is 0.482 e. The van der Waals surface area contributed by atoms with Crippen molar-refractivity contribution in [2.24, 2.45) is 0 Å². The van der Waals surface area contributed by atoms with Gasteiger partial charge in [-0.05, 0) is 37.0 Å². The van der Waals surface area contributed by atoms with Crippen molar-refractivity contribution in [3.8, 4) is 5.75 Å². The number of alkyl halides is 3. The van der Waals surface area contributed by atoms with Crippen LogP contribution in [0.5, 0.6) is 5.75 Å². The summed E-state index contributed by atoms with van der Waals surface area (Å²) in [5.74, 6) is 0.403. The normalized spacial score (nSPS) is 13.4. The summed E-state index contributed by atoms with van der Waals surface area (Å²) in [5.41, 5.74) is 1.12. The third-order valence-electron chi connectivity index (χ3n) is 4.65. The van der Waals surface area contributed by atoms with Gasteiger partial charge in [0.2, 0.25) is 5.91 Å². The van der Waals surface area contributed by atoms with Crippen LogP contribution in [0.1, 0.15) is 22.7 Å². The molecule has 4 rings (SSSR count). The molecular weight excluding hydrogens is 451 g/mol. The highest BCUT2D eigenvalue weighted by Gasteiger charge is 2.29. The molecule has 0 fully saturated rings. The fourth-order valence-electron chi connectivity index (χ4n) is 3.40. The highest BCUT2D eigenvalue weighted by Crippen LogP contribution is 2.34. The molecule has 1 aliphatic rings. The van der Waals surface area contributed by atoms with Gasteiger partial charge in [-0.15, -0.1) is 23.1 Å². The minimum Gasteiger partial charge on any atom is -0.482 e. The molecule has 2 N–H and O–H groups in total. The Labute approximate surface area is 183 Å². The first kappa shape index (κ1) is 21.7. The lowest BCUT2D eigenvalue weighted by Crippen LogP contribution is -2.20. The van der Waals surface area contributed by atoms with Crippen molar-refractivity contribution >= 4 is 44.9 Å². The van der Waals surface area contributed by atoms with Crippen LogP contribution in [0.3, 0.4) is 0 Å². The number of halogens is 3. The number of thioether (sulfide) groups is 1. The Kier molecular flexibility index (Phi) is 6.24. The molecule has 2 heterocycles. The predicted octanol–water partition coefficient (Wildman–Crippen LogP) is 4.29. The van der Waals surface area contributed by atoms with E-state index in [4.69, 9.17) is 4.74 Å². The molecule has 0 saturated carbocycles. The predicted molar refractivity (Wildman–Crippen MR) is 115 cm³/mol. The van der Waals surface area contributed by atoms with Gasteiger partial charge >= 0.3 is 6.18 Å². The summed E-state index contributed by atoms with van der Waals surface area (Å²) in [5, 5.41) is 3.24. The zero-order valence-corrected chi connectivity index (χ0v) is 17.8. The van der Waals surface area contributed by atoms with E-state index in [9.17, 15) is 22.8 Å². The molecular formula is C20H18F3N3O3S2. The van der Waals surface area contributed by atoms with Crippen molar-refractivity contribution in [3.63, 3.8) is 0 Å². The number of aromatic nitrogens is 2. The number of nitrogens with one attached hydrogen (secondary N) is 2. The van der Waals surface area contributed by atoms with Crippen molar-refractivity contribution in [1.29, 1.82) is 0 Å². The number of nitrogens with zero attached hydrogens (tertiary/aromatic N) is 1. The smallest absolute Gasteiger partial charge is 0.422 e. The molecule has 0 saturated heterocycles. The number of amides is 1. The molecule has 1 aromatic carbocycles. The molecule has 164 valence electrons. The van der Waals surface area contributed by atoms with E-state index in [1.54, 1.807) is 17.4 Å². The van der Waals surface area contributed by atoms with E-state index in [1.807, 2.05) is 0 Å².